The van der Waals surface area contributed by atoms with Crippen LogP contribution in [-0.4, -0.2) is 189 Å². The fourth-order valence-corrected chi connectivity index (χ4v) is 18.6. The van der Waals surface area contributed by atoms with Gasteiger partial charge in [-0.2, -0.15) is 0 Å². The largest absolute Gasteiger partial charge is 0.497 e. The van der Waals surface area contributed by atoms with Gasteiger partial charge in [-0.25, -0.2) is 0 Å². The molecular formula is C114H162N6O6. The van der Waals surface area contributed by atoms with Gasteiger partial charge >= 0.3 is 0 Å². The Kier molecular flexibility index (Phi) is 9.02. The van der Waals surface area contributed by atoms with E-state index in [-0.39, 0.29) is 76.0 Å². The van der Waals surface area contributed by atoms with Crippen LogP contribution in [0.2, 0.25) is 0 Å². The second kappa shape index (κ2) is 35.4. The zero-order chi connectivity index (χ0) is 170. The molecule has 6 heterocycles. The first-order valence-corrected chi connectivity index (χ1v) is 40.8. The average molecular weight is 1810 g/mol. The molecule has 6 aromatic carbocycles. The average Bonchev–Trinajstić information content (AvgIpc) is 0.595. The van der Waals surface area contributed by atoms with Gasteiger partial charge in [-0.3, -0.25) is 0 Å². The van der Waals surface area contributed by atoms with Crippen LogP contribution in [0.5, 0.6) is 34.5 Å². The molecule has 6 aliphatic heterocycles. The van der Waals surface area contributed by atoms with Gasteiger partial charge in [-0.1, -0.05) is 77.9 Å². The third-order valence-electron chi connectivity index (χ3n) is 25.0. The predicted octanol–water partition coefficient (Wildman–Crippen LogP) is 21.8. The maximum Gasteiger partial charge on any atom is 0.119 e. The maximum atomic E-state index is 9.66. The molecule has 6 saturated heterocycles. The number of nitrogens with zero attached hydrogens (tertiary/aromatic N) is 6. The Bertz CT molecular complexity index is 9140. The smallest absolute Gasteiger partial charge is 0.119 e. The van der Waals surface area contributed by atoms with Gasteiger partial charge in [0.05, 0.1) is 50.9 Å². The van der Waals surface area contributed by atoms with Gasteiger partial charge in [0.25, 0.3) is 0 Å². The van der Waals surface area contributed by atoms with Crippen LogP contribution >= 0.6 is 0 Å². The van der Waals surface area contributed by atoms with Gasteiger partial charge in [-0.15, -0.1) is 0 Å². The molecule has 12 fully saturated rings. The van der Waals surface area contributed by atoms with Crippen molar-refractivity contribution in [1.82, 2.24) is 29.4 Å². The van der Waals surface area contributed by atoms with E-state index < -0.39 is 479 Å². The molecule has 0 aromatic heterocycles. The van der Waals surface area contributed by atoms with Gasteiger partial charge in [-0.05, 0) is 483 Å². The number of hydrogen-bond donors (Lipinski definition) is 0. The molecule has 684 valence electrons. The van der Waals surface area contributed by atoms with Crippen LogP contribution in [0.25, 0.3) is 0 Å². The summed E-state index contributed by atoms with van der Waals surface area (Å²) in [6, 6.07) is -8.72. The van der Waals surface area contributed by atoms with Gasteiger partial charge in [0, 0.05) is 186 Å². The van der Waals surface area contributed by atoms with Crippen LogP contribution in [0.1, 0.15) is 387 Å². The second-order valence-corrected chi connectivity index (χ2v) is 32.4. The molecule has 12 bridgehead atoms. The summed E-state index contributed by atoms with van der Waals surface area (Å²) in [6.45, 7) is -24.9. The minimum Gasteiger partial charge on any atom is -0.497 e. The van der Waals surface area contributed by atoms with Gasteiger partial charge in [0.2, 0.25) is 0 Å². The lowest BCUT2D eigenvalue weighted by molar-refractivity contribution is -0.0112. The molecule has 12 nitrogen and oxygen atoms in total. The first-order chi connectivity index (χ1) is 96.1. The summed E-state index contributed by atoms with van der Waals surface area (Å²) in [7, 11) is 9.20. The van der Waals surface area contributed by atoms with Crippen molar-refractivity contribution in [3.8, 4) is 34.5 Å². The van der Waals surface area contributed by atoms with E-state index in [2.05, 4.69) is 0 Å². The second-order valence-electron chi connectivity index (χ2n) is 32.4. The summed E-state index contributed by atoms with van der Waals surface area (Å²) in [5.41, 5.74) is -24.4. The molecule has 0 N–H and O–H groups in total. The SMILES string of the molecule is [2H]C([2H])([2H])N1C([2H])([2H])C([2H])([2H])[C@]23c4cc(OC)ccc4C[C@@]1([2H])[C@@]2([2H])C([2H])([2H])C([2H])(C)C([2H])([2H])C3([2H])[2H].[2H]C([2H])([2H])N1C([2H])([2H])C([2H])([2H])[C@]23c4cc(OC)ccc4C[C@@]1([2H])[C@@]2([2H])C([2H])([2H])C([2H])(C)C([2H])([2H])C3([2H])[2H].[2H]C1([2H])N(C)[C@@]2([2H])Cc3ccc(OC)cc3[C@]3(C1([2H])[2H])C([2H])([2H])C([2H])([2H])C([2H])(C)C([2H])([2H])[C@@]32[2H].[2H]C1([2H])N(C)[C@@]2([2H])Cc3ccc(OC)cc3[C@]3(C1([2H])[2H])C([2H])([2H])C([2H])([2H])C([2H])(C)C([2H])([2H])[C@@]32[2H].[2H]c1c([2H])c2c(c([2H])c1OC)[C@@]13CCN(C([2H])([2H])[2H])[C@@]([2H])(C2([2H])[2H])[C@@]1([2H])C([2H])([2H])C([2H])(C)C([2H])([2H])C3([2H])[2H].[2H]c1c([2H])c2c(c([2H])c1OC)[C@@]13CCN(C([2H])([2H])[2H])[C@@]([2H])(C2([2H])[2H])[C@@]1([2H])C([2H])([2H])C([2H])(C)C([2H])([2H])C3([2H])[2H]. The summed E-state index contributed by atoms with van der Waals surface area (Å²) >= 11 is 0. The van der Waals surface area contributed by atoms with Crippen LogP contribution < -0.4 is 28.4 Å². The summed E-state index contributed by atoms with van der Waals surface area (Å²) in [5.74, 6) is -40.3. The van der Waals surface area contributed by atoms with Crippen molar-refractivity contribution in [2.45, 2.75) is 302 Å². The monoisotopic (exact) mass is 1800 g/mol. The minimum atomic E-state index is -3.84. The molecule has 12 aliphatic carbocycles. The van der Waals surface area contributed by atoms with Crippen LogP contribution in [-0.2, 0) is 70.9 Å². The Morgan fingerprint density at radius 3 is 0.825 bits per heavy atom. The van der Waals surface area contributed by atoms with E-state index in [9.17, 15) is 16.4 Å². The molecule has 6 aromatic rings. The van der Waals surface area contributed by atoms with Crippen LogP contribution in [0.3, 0.4) is 0 Å². The van der Waals surface area contributed by atoms with E-state index in [1.165, 1.54) is 89.1 Å². The van der Waals surface area contributed by atoms with Crippen molar-refractivity contribution in [2.24, 2.45) is 70.7 Å². The topological polar surface area (TPSA) is 74.8 Å². The Morgan fingerprint density at radius 2 is 0.556 bits per heavy atom. The molecule has 24 rings (SSSR count). The van der Waals surface area contributed by atoms with E-state index in [1.807, 2.05) is 0 Å². The van der Waals surface area contributed by atoms with E-state index in [0.29, 0.717) is 37.5 Å². The fraction of sp³-hybridized carbons (Fsp3) is 0.684. The summed E-state index contributed by atoms with van der Waals surface area (Å²) in [5, 5.41) is 0. The van der Waals surface area contributed by atoms with Crippen LogP contribution in [0.4, 0.5) is 0 Å². The highest BCUT2D eigenvalue weighted by atomic mass is 16.5. The van der Waals surface area contributed by atoms with Gasteiger partial charge < -0.3 is 57.8 Å². The number of fused-ring (bicyclic) bond motifs is 6. The lowest BCUT2D eigenvalue weighted by Gasteiger charge is -2.59. The Hall–Kier alpha value is -6.12. The van der Waals surface area contributed by atoms with Crippen molar-refractivity contribution in [3.05, 3.63) is 176 Å². The number of likely N-dealkylation sites (tertiary alicyclic amines) is 6. The normalized spacial score (nSPS) is 71.3. The minimum absolute atomic E-state index is 0.0151. The number of methoxy groups -OCH3 is 6. The maximum absolute atomic E-state index is 9.66. The highest BCUT2D eigenvalue weighted by Crippen LogP contribution is 2.64. The Labute approximate surface area is 891 Å². The van der Waals surface area contributed by atoms with Crippen molar-refractivity contribution in [3.63, 3.8) is 0 Å². The standard InChI is InChI=1S/6C19H27NO/c6*1-13-6-7-19-8-9-20(2)18(17(19)10-13)11-14-4-5-15(21-3)12-16(14)19/h6*4-5,12-13,17-18H,6-11H2,1-3H3/t6*13?,17-,18+,19-/m111111/s1/i2*2D3,4D,5D,6D2,7D2,10D2,11D2,12D,13D,17D,18D;2*2D3,6D2,7D2,8D2,9D2,10D2,13D,17D,18D;2*6D2,7D2,8D2,9D2,10D2,13D,17D,18D. The lowest BCUT2D eigenvalue weighted by Crippen LogP contribution is -2.60. The Morgan fingerprint density at radius 1 is 0.302 bits per heavy atom. The zero-order valence-corrected chi connectivity index (χ0v) is 71.7. The molecule has 6 unspecified atom stereocenters. The third kappa shape index (κ3) is 15.4. The number of likely N-dealkylation sites (N-methyl/N-ethyl adjacent to an activating group) is 6. The molecule has 126 heavy (non-hydrogen) atoms. The quantitative estimate of drug-likeness (QED) is 0.159. The highest BCUT2D eigenvalue weighted by molar-refractivity contribution is 5.52. The number of hydrogen-bond acceptors (Lipinski definition) is 12. The van der Waals surface area contributed by atoms with E-state index in [4.69, 9.17) is 138 Å². The third-order valence-corrected chi connectivity index (χ3v) is 25.0. The number of piperidine rings is 6. The molecule has 0 spiro atoms. The van der Waals surface area contributed by atoms with E-state index in [0.717, 1.165) is 54.3 Å². The molecular weight excluding hydrogens is 1550 g/mol. The van der Waals surface area contributed by atoms with Crippen LogP contribution in [0, 0.1) is 70.7 Å². The highest BCUT2D eigenvalue weighted by Gasteiger charge is 2.61. The number of rotatable bonds is 6. The van der Waals surface area contributed by atoms with Crippen molar-refractivity contribution >= 4 is 0 Å². The van der Waals surface area contributed by atoms with Gasteiger partial charge in [0.15, 0.2) is 0 Å². The van der Waals surface area contributed by atoms with Crippen molar-refractivity contribution in [2.75, 3.05) is 124 Å². The summed E-state index contributed by atoms with van der Waals surface area (Å²) < 4.78 is 844. The predicted molar refractivity (Wildman–Crippen MR) is 515 cm³/mol. The summed E-state index contributed by atoms with van der Waals surface area (Å²) in [6.07, 6.45) is -89.4. The fourth-order valence-electron chi connectivity index (χ4n) is 18.6. The molecule has 18 aliphatic rings. The van der Waals surface area contributed by atoms with Crippen molar-refractivity contribution in [1.29, 1.82) is 0 Å². The molecule has 0 amide bonds. The molecule has 12 heteroatoms. The van der Waals surface area contributed by atoms with Crippen LogP contribution in [0.15, 0.2) is 109 Å². The number of ether oxygens (including phenoxy) is 6. The molecule has 24 atom stereocenters. The van der Waals surface area contributed by atoms with E-state index in [1.54, 1.807) is 0 Å². The van der Waals surface area contributed by atoms with E-state index >= 15 is 0 Å². The molecule has 0 radical (unpaired) electrons. The first kappa shape index (κ1) is 32.1. The zero-order valence-electron chi connectivity index (χ0n) is 164. The molecule has 6 saturated carbocycles. The Balaban J connectivity index is 0.000000153. The van der Waals surface area contributed by atoms with Gasteiger partial charge in [0.1, 0.15) is 34.5 Å². The summed E-state index contributed by atoms with van der Waals surface area (Å²) in [4.78, 5) is 1.30. The number of benzene rings is 6. The lowest BCUT2D eigenvalue weighted by atomic mass is 9.51. The first-order valence-electron chi connectivity index (χ1n) is 86.8. The van der Waals surface area contributed by atoms with Crippen molar-refractivity contribution < 1.29 is 155 Å².